The average Bonchev–Trinajstić information content (AvgIpc) is 2.80. The first-order chi connectivity index (χ1) is 15.4. The standard InChI is InChI=1S/C23H24N2O5S2/c1-29-20-9-3-17(4-10-20)15-31-16-23(26)24-18-7-13-22(14-8-18)32(27,28)25-19-5-11-21(30-2)12-6-19/h3-14,25H,15-16H2,1-2H3,(H,24,26). The summed E-state index contributed by atoms with van der Waals surface area (Å²) >= 11 is 1.49. The molecule has 7 nitrogen and oxygen atoms in total. The van der Waals surface area contributed by atoms with Crippen molar-refractivity contribution < 1.29 is 22.7 Å². The van der Waals surface area contributed by atoms with Crippen LogP contribution in [0.15, 0.2) is 77.7 Å². The van der Waals surface area contributed by atoms with E-state index in [2.05, 4.69) is 10.0 Å². The number of carbonyl (C=O) groups is 1. The minimum Gasteiger partial charge on any atom is -0.497 e. The fourth-order valence-corrected chi connectivity index (χ4v) is 4.62. The van der Waals surface area contributed by atoms with Crippen molar-refractivity contribution in [3.05, 3.63) is 78.4 Å². The van der Waals surface area contributed by atoms with Crippen LogP contribution in [0.25, 0.3) is 0 Å². The van der Waals surface area contributed by atoms with E-state index in [-0.39, 0.29) is 16.6 Å². The Labute approximate surface area is 192 Å². The lowest BCUT2D eigenvalue weighted by Gasteiger charge is -2.10. The van der Waals surface area contributed by atoms with Crippen molar-refractivity contribution in [2.24, 2.45) is 0 Å². The van der Waals surface area contributed by atoms with E-state index < -0.39 is 10.0 Å². The largest absolute Gasteiger partial charge is 0.497 e. The summed E-state index contributed by atoms with van der Waals surface area (Å²) in [7, 11) is -0.585. The van der Waals surface area contributed by atoms with Crippen molar-refractivity contribution in [2.45, 2.75) is 10.6 Å². The van der Waals surface area contributed by atoms with Gasteiger partial charge in [0.05, 0.1) is 24.9 Å². The Morgan fingerprint density at radius 1 is 0.812 bits per heavy atom. The van der Waals surface area contributed by atoms with E-state index in [0.29, 0.717) is 22.9 Å². The Bertz CT molecular complexity index is 1130. The van der Waals surface area contributed by atoms with Gasteiger partial charge in [0.2, 0.25) is 5.91 Å². The lowest BCUT2D eigenvalue weighted by molar-refractivity contribution is -0.113. The van der Waals surface area contributed by atoms with Crippen LogP contribution in [0.4, 0.5) is 11.4 Å². The molecule has 0 spiro atoms. The van der Waals surface area contributed by atoms with Crippen molar-refractivity contribution in [1.29, 1.82) is 0 Å². The maximum atomic E-state index is 12.6. The highest BCUT2D eigenvalue weighted by atomic mass is 32.2. The summed E-state index contributed by atoms with van der Waals surface area (Å²) in [6.45, 7) is 0. The normalized spacial score (nSPS) is 10.9. The lowest BCUT2D eigenvalue weighted by Crippen LogP contribution is -2.15. The molecule has 32 heavy (non-hydrogen) atoms. The molecule has 0 aliphatic heterocycles. The molecule has 0 aliphatic rings. The molecular formula is C23H24N2O5S2. The van der Waals surface area contributed by atoms with Gasteiger partial charge in [0.25, 0.3) is 10.0 Å². The highest BCUT2D eigenvalue weighted by molar-refractivity contribution is 7.99. The van der Waals surface area contributed by atoms with E-state index in [9.17, 15) is 13.2 Å². The molecule has 3 rings (SSSR count). The first-order valence-corrected chi connectivity index (χ1v) is 12.3. The second-order valence-corrected chi connectivity index (χ2v) is 9.42. The molecule has 9 heteroatoms. The molecule has 0 saturated carbocycles. The van der Waals surface area contributed by atoms with Crippen LogP contribution >= 0.6 is 11.8 Å². The summed E-state index contributed by atoms with van der Waals surface area (Å²) in [6.07, 6.45) is 0. The third kappa shape index (κ3) is 6.66. The lowest BCUT2D eigenvalue weighted by atomic mass is 10.2. The van der Waals surface area contributed by atoms with Crippen LogP contribution in [-0.2, 0) is 20.6 Å². The molecule has 0 unspecified atom stereocenters. The van der Waals surface area contributed by atoms with Gasteiger partial charge < -0.3 is 14.8 Å². The first kappa shape index (κ1) is 23.5. The minimum absolute atomic E-state index is 0.0974. The Morgan fingerprint density at radius 3 is 1.91 bits per heavy atom. The van der Waals surface area contributed by atoms with Crippen molar-refractivity contribution in [1.82, 2.24) is 0 Å². The average molecular weight is 473 g/mol. The zero-order valence-corrected chi connectivity index (χ0v) is 19.3. The van der Waals surface area contributed by atoms with Gasteiger partial charge in [-0.3, -0.25) is 9.52 Å². The van der Waals surface area contributed by atoms with Crippen molar-refractivity contribution in [3.63, 3.8) is 0 Å². The first-order valence-electron chi connectivity index (χ1n) is 9.67. The molecule has 0 radical (unpaired) electrons. The maximum Gasteiger partial charge on any atom is 0.261 e. The Balaban J connectivity index is 1.50. The predicted octanol–water partition coefficient (Wildman–Crippen LogP) is 4.38. The van der Waals surface area contributed by atoms with E-state index in [1.54, 1.807) is 50.6 Å². The molecule has 0 heterocycles. The van der Waals surface area contributed by atoms with Gasteiger partial charge in [-0.25, -0.2) is 8.42 Å². The van der Waals surface area contributed by atoms with Gasteiger partial charge >= 0.3 is 0 Å². The number of hydrogen-bond acceptors (Lipinski definition) is 6. The molecule has 3 aromatic carbocycles. The third-order valence-corrected chi connectivity index (χ3v) is 6.85. The zero-order valence-electron chi connectivity index (χ0n) is 17.7. The maximum absolute atomic E-state index is 12.6. The molecule has 0 saturated heterocycles. The number of methoxy groups -OCH3 is 2. The molecule has 0 bridgehead atoms. The number of hydrogen-bond donors (Lipinski definition) is 2. The van der Waals surface area contributed by atoms with Crippen LogP contribution in [0.5, 0.6) is 11.5 Å². The molecule has 3 aromatic rings. The molecule has 0 fully saturated rings. The third-order valence-electron chi connectivity index (χ3n) is 4.45. The summed E-state index contributed by atoms with van der Waals surface area (Å²) in [5.41, 5.74) is 2.06. The van der Waals surface area contributed by atoms with E-state index in [1.165, 1.54) is 23.9 Å². The van der Waals surface area contributed by atoms with Crippen molar-refractivity contribution in [2.75, 3.05) is 30.0 Å². The summed E-state index contributed by atoms with van der Waals surface area (Å²) in [4.78, 5) is 12.3. The zero-order chi connectivity index (χ0) is 23.0. The number of ether oxygens (including phenoxy) is 2. The number of benzene rings is 3. The Hall–Kier alpha value is -3.17. The molecule has 1 amide bonds. The smallest absolute Gasteiger partial charge is 0.261 e. The number of anilines is 2. The fraction of sp³-hybridized carbons (Fsp3) is 0.174. The van der Waals surface area contributed by atoms with Crippen molar-refractivity contribution in [3.8, 4) is 11.5 Å². The van der Waals surface area contributed by atoms with Crippen LogP contribution in [0, 0.1) is 0 Å². The molecular weight excluding hydrogens is 448 g/mol. The Morgan fingerprint density at radius 2 is 1.34 bits per heavy atom. The van der Waals surface area contributed by atoms with Crippen LogP contribution in [0.1, 0.15) is 5.56 Å². The summed E-state index contributed by atoms with van der Waals surface area (Å²) in [5.74, 6) is 2.25. The van der Waals surface area contributed by atoms with Gasteiger partial charge in [-0.05, 0) is 66.2 Å². The monoisotopic (exact) mass is 472 g/mol. The summed E-state index contributed by atoms with van der Waals surface area (Å²) in [6, 6.07) is 20.3. The van der Waals surface area contributed by atoms with E-state index in [4.69, 9.17) is 9.47 Å². The van der Waals surface area contributed by atoms with E-state index in [0.717, 1.165) is 11.3 Å². The van der Waals surface area contributed by atoms with Gasteiger partial charge in [-0.15, -0.1) is 11.8 Å². The number of thioether (sulfide) groups is 1. The van der Waals surface area contributed by atoms with E-state index in [1.807, 2.05) is 24.3 Å². The van der Waals surface area contributed by atoms with Crippen LogP contribution in [-0.4, -0.2) is 34.3 Å². The Kier molecular flexibility index (Phi) is 8.02. The highest BCUT2D eigenvalue weighted by Gasteiger charge is 2.14. The molecule has 0 aromatic heterocycles. The van der Waals surface area contributed by atoms with Gasteiger partial charge in [-0.1, -0.05) is 12.1 Å². The molecule has 0 atom stereocenters. The summed E-state index contributed by atoms with van der Waals surface area (Å²) in [5, 5.41) is 2.78. The number of carbonyl (C=O) groups excluding carboxylic acids is 1. The fourth-order valence-electron chi connectivity index (χ4n) is 2.77. The van der Waals surface area contributed by atoms with Gasteiger partial charge in [0.1, 0.15) is 11.5 Å². The number of nitrogens with one attached hydrogen (secondary N) is 2. The van der Waals surface area contributed by atoms with E-state index >= 15 is 0 Å². The molecule has 168 valence electrons. The second kappa shape index (κ2) is 10.9. The number of rotatable bonds is 10. The van der Waals surface area contributed by atoms with Gasteiger partial charge in [0, 0.05) is 17.1 Å². The second-order valence-electron chi connectivity index (χ2n) is 6.75. The molecule has 2 N–H and O–H groups in total. The highest BCUT2D eigenvalue weighted by Crippen LogP contribution is 2.21. The predicted molar refractivity (Wildman–Crippen MR) is 128 cm³/mol. The molecule has 0 aliphatic carbocycles. The minimum atomic E-state index is -3.74. The topological polar surface area (TPSA) is 93.7 Å². The summed E-state index contributed by atoms with van der Waals surface area (Å²) < 4.78 is 37.8. The van der Waals surface area contributed by atoms with Crippen LogP contribution < -0.4 is 19.5 Å². The van der Waals surface area contributed by atoms with Gasteiger partial charge in [0.15, 0.2) is 0 Å². The number of amides is 1. The van der Waals surface area contributed by atoms with Crippen molar-refractivity contribution >= 4 is 39.1 Å². The van der Waals surface area contributed by atoms with Crippen LogP contribution in [0.2, 0.25) is 0 Å². The number of sulfonamides is 1. The quantitative estimate of drug-likeness (QED) is 0.455. The van der Waals surface area contributed by atoms with Crippen LogP contribution in [0.3, 0.4) is 0 Å². The van der Waals surface area contributed by atoms with Gasteiger partial charge in [-0.2, -0.15) is 0 Å². The SMILES string of the molecule is COc1ccc(CSCC(=O)Nc2ccc(S(=O)(=O)Nc3ccc(OC)cc3)cc2)cc1.